The minimum Gasteiger partial charge on any atom is -0.507 e. The number of pyridine rings is 1. The molecule has 45 heavy (non-hydrogen) atoms. The summed E-state index contributed by atoms with van der Waals surface area (Å²) in [4.78, 5) is 14.5. The SMILES string of the molecule is N#Cc1ccc(-c2cc(-c3cc4ccccc4nn3)cc(-c3cccc(-c4cc5nc6ccccc6nc5cc4O)n3)c2)cc1. The molecule has 3 heterocycles. The van der Waals surface area contributed by atoms with E-state index < -0.39 is 0 Å². The molecule has 0 spiro atoms. The highest BCUT2D eigenvalue weighted by atomic mass is 16.3. The minimum atomic E-state index is 0.0789. The monoisotopic (exact) mass is 578 g/mol. The molecular formula is C38H22N6O. The zero-order valence-electron chi connectivity index (χ0n) is 23.8. The van der Waals surface area contributed by atoms with E-state index in [1.165, 1.54) is 0 Å². The van der Waals surface area contributed by atoms with Crippen LogP contribution in [0, 0.1) is 11.3 Å². The first-order valence-electron chi connectivity index (χ1n) is 14.4. The van der Waals surface area contributed by atoms with E-state index in [4.69, 9.17) is 9.97 Å². The third-order valence-corrected chi connectivity index (χ3v) is 7.85. The van der Waals surface area contributed by atoms with Gasteiger partial charge in [-0.15, -0.1) is 10.2 Å². The van der Waals surface area contributed by atoms with Crippen molar-refractivity contribution in [2.24, 2.45) is 0 Å². The van der Waals surface area contributed by atoms with Crippen LogP contribution in [0.2, 0.25) is 0 Å². The van der Waals surface area contributed by atoms with Crippen molar-refractivity contribution < 1.29 is 5.11 Å². The molecule has 0 amide bonds. The van der Waals surface area contributed by atoms with Gasteiger partial charge in [-0.05, 0) is 83.9 Å². The maximum absolute atomic E-state index is 11.1. The summed E-state index contributed by atoms with van der Waals surface area (Å²) in [6, 6.07) is 42.7. The van der Waals surface area contributed by atoms with Crippen LogP contribution in [0.3, 0.4) is 0 Å². The molecule has 0 aliphatic heterocycles. The molecule has 0 radical (unpaired) electrons. The Labute approximate surface area is 257 Å². The van der Waals surface area contributed by atoms with Gasteiger partial charge in [0.15, 0.2) is 0 Å². The molecule has 5 aromatic carbocycles. The number of nitrogens with zero attached hydrogens (tertiary/aromatic N) is 6. The lowest BCUT2D eigenvalue weighted by Crippen LogP contribution is -1.94. The quantitative estimate of drug-likeness (QED) is 0.209. The zero-order valence-corrected chi connectivity index (χ0v) is 23.8. The second kappa shape index (κ2) is 10.6. The molecular weight excluding hydrogens is 556 g/mol. The largest absolute Gasteiger partial charge is 0.507 e. The second-order valence-electron chi connectivity index (χ2n) is 10.8. The molecule has 0 bridgehead atoms. The van der Waals surface area contributed by atoms with E-state index in [1.807, 2.05) is 103 Å². The molecule has 8 aromatic rings. The highest BCUT2D eigenvalue weighted by molar-refractivity contribution is 5.91. The van der Waals surface area contributed by atoms with Crippen molar-refractivity contribution in [3.8, 4) is 56.7 Å². The summed E-state index contributed by atoms with van der Waals surface area (Å²) in [5.74, 6) is 0.0789. The van der Waals surface area contributed by atoms with Crippen LogP contribution in [0.1, 0.15) is 5.56 Å². The maximum atomic E-state index is 11.1. The van der Waals surface area contributed by atoms with Crippen LogP contribution in [0.15, 0.2) is 127 Å². The molecule has 0 atom stereocenters. The number of phenols is 1. The third-order valence-electron chi connectivity index (χ3n) is 7.85. The summed E-state index contributed by atoms with van der Waals surface area (Å²) in [7, 11) is 0. The van der Waals surface area contributed by atoms with Gasteiger partial charge in [-0.1, -0.05) is 48.5 Å². The van der Waals surface area contributed by atoms with Crippen molar-refractivity contribution in [2.45, 2.75) is 0 Å². The molecule has 7 nitrogen and oxygen atoms in total. The lowest BCUT2D eigenvalue weighted by atomic mass is 9.95. The number of aromatic nitrogens is 5. The van der Waals surface area contributed by atoms with Crippen molar-refractivity contribution >= 4 is 33.0 Å². The maximum Gasteiger partial charge on any atom is 0.127 e. The Kier molecular flexibility index (Phi) is 6.18. The highest BCUT2D eigenvalue weighted by Gasteiger charge is 2.14. The number of phenolic OH excluding ortho intramolecular Hbond substituents is 1. The number of rotatable bonds is 4. The molecule has 0 fully saturated rings. The first-order valence-corrected chi connectivity index (χ1v) is 14.4. The van der Waals surface area contributed by atoms with Gasteiger partial charge < -0.3 is 5.11 Å². The summed E-state index contributed by atoms with van der Waals surface area (Å²) < 4.78 is 0. The first-order chi connectivity index (χ1) is 22.1. The van der Waals surface area contributed by atoms with Crippen molar-refractivity contribution in [1.29, 1.82) is 5.26 Å². The predicted octanol–water partition coefficient (Wildman–Crippen LogP) is 8.37. The Morgan fingerprint density at radius 2 is 1.11 bits per heavy atom. The molecule has 8 rings (SSSR count). The molecule has 3 aromatic heterocycles. The van der Waals surface area contributed by atoms with Crippen molar-refractivity contribution in [3.05, 3.63) is 133 Å². The molecule has 210 valence electrons. The number of para-hydroxylation sites is 2. The van der Waals surface area contributed by atoms with E-state index in [2.05, 4.69) is 39.4 Å². The Bertz CT molecular complexity index is 2470. The smallest absolute Gasteiger partial charge is 0.127 e. The standard InChI is InChI=1S/C38H22N6O/c39-22-23-12-14-24(15-13-23)26-16-27(18-28(17-26)35-19-25-6-1-2-7-31(25)43-44-35)30-10-5-11-32(40-30)29-20-36-37(21-38(29)45)42-34-9-4-3-8-33(34)41-36/h1-21,45H. The van der Waals surface area contributed by atoms with E-state index >= 15 is 0 Å². The van der Waals surface area contributed by atoms with Gasteiger partial charge in [-0.2, -0.15) is 5.26 Å². The number of hydrogen-bond acceptors (Lipinski definition) is 7. The topological polar surface area (TPSA) is 108 Å². The van der Waals surface area contributed by atoms with E-state index in [9.17, 15) is 10.4 Å². The molecule has 0 saturated carbocycles. The van der Waals surface area contributed by atoms with Gasteiger partial charge in [0.25, 0.3) is 0 Å². The number of fused-ring (bicyclic) bond motifs is 3. The Morgan fingerprint density at radius 3 is 1.87 bits per heavy atom. The Morgan fingerprint density at radius 1 is 0.467 bits per heavy atom. The van der Waals surface area contributed by atoms with Crippen LogP contribution in [0.5, 0.6) is 5.75 Å². The fraction of sp³-hybridized carbons (Fsp3) is 0. The van der Waals surface area contributed by atoms with Gasteiger partial charge in [0.05, 0.1) is 56.3 Å². The molecule has 1 N–H and O–H groups in total. The fourth-order valence-corrected chi connectivity index (χ4v) is 5.56. The molecule has 0 unspecified atom stereocenters. The summed E-state index contributed by atoms with van der Waals surface area (Å²) in [6.45, 7) is 0. The summed E-state index contributed by atoms with van der Waals surface area (Å²) in [5.41, 5.74) is 10.6. The average molecular weight is 579 g/mol. The summed E-state index contributed by atoms with van der Waals surface area (Å²) in [6.07, 6.45) is 0. The Hall–Kier alpha value is -6.52. The van der Waals surface area contributed by atoms with E-state index in [0.717, 1.165) is 55.6 Å². The summed E-state index contributed by atoms with van der Waals surface area (Å²) >= 11 is 0. The van der Waals surface area contributed by atoms with Gasteiger partial charge in [0, 0.05) is 28.1 Å². The Balaban J connectivity index is 1.27. The molecule has 7 heteroatoms. The van der Waals surface area contributed by atoms with Crippen LogP contribution in [0.4, 0.5) is 0 Å². The van der Waals surface area contributed by atoms with Crippen LogP contribution < -0.4 is 0 Å². The molecule has 0 aliphatic rings. The van der Waals surface area contributed by atoms with Gasteiger partial charge >= 0.3 is 0 Å². The van der Waals surface area contributed by atoms with E-state index in [-0.39, 0.29) is 5.75 Å². The van der Waals surface area contributed by atoms with Crippen LogP contribution >= 0.6 is 0 Å². The number of nitriles is 1. The molecule has 0 aliphatic carbocycles. The first kappa shape index (κ1) is 26.1. The average Bonchev–Trinajstić information content (AvgIpc) is 3.10. The lowest BCUT2D eigenvalue weighted by molar-refractivity contribution is 0.478. The van der Waals surface area contributed by atoms with Crippen LogP contribution in [-0.4, -0.2) is 30.3 Å². The number of benzene rings is 5. The van der Waals surface area contributed by atoms with Crippen LogP contribution in [-0.2, 0) is 0 Å². The van der Waals surface area contributed by atoms with Gasteiger partial charge in [-0.25, -0.2) is 15.0 Å². The molecule has 0 saturated heterocycles. The lowest BCUT2D eigenvalue weighted by Gasteiger charge is -2.12. The fourth-order valence-electron chi connectivity index (χ4n) is 5.56. The van der Waals surface area contributed by atoms with Crippen LogP contribution in [0.25, 0.3) is 77.9 Å². The van der Waals surface area contributed by atoms with Crippen molar-refractivity contribution in [2.75, 3.05) is 0 Å². The van der Waals surface area contributed by atoms with Crippen molar-refractivity contribution in [3.63, 3.8) is 0 Å². The predicted molar refractivity (Wildman–Crippen MR) is 176 cm³/mol. The van der Waals surface area contributed by atoms with E-state index in [1.54, 1.807) is 6.07 Å². The highest BCUT2D eigenvalue weighted by Crippen LogP contribution is 2.36. The normalized spacial score (nSPS) is 11.2. The summed E-state index contributed by atoms with van der Waals surface area (Å²) in [5, 5.41) is 30.4. The minimum absolute atomic E-state index is 0.0789. The third kappa shape index (κ3) is 4.86. The van der Waals surface area contributed by atoms with E-state index in [0.29, 0.717) is 27.9 Å². The van der Waals surface area contributed by atoms with Gasteiger partial charge in [0.2, 0.25) is 0 Å². The van der Waals surface area contributed by atoms with Gasteiger partial charge in [-0.3, -0.25) is 0 Å². The second-order valence-corrected chi connectivity index (χ2v) is 10.8. The van der Waals surface area contributed by atoms with Gasteiger partial charge in [0.1, 0.15) is 5.75 Å². The van der Waals surface area contributed by atoms with Crippen molar-refractivity contribution in [1.82, 2.24) is 25.1 Å². The zero-order chi connectivity index (χ0) is 30.3. The number of aromatic hydroxyl groups is 1. The number of hydrogen-bond donors (Lipinski definition) is 1.